The number of rotatable bonds is 0. The Kier molecular flexibility index (Phi) is 2.43. The minimum Gasteiger partial charge on any atom is -0.459 e. The van der Waals surface area contributed by atoms with Gasteiger partial charge in [0.1, 0.15) is 11.4 Å². The normalized spacial score (nSPS) is 51.6. The van der Waals surface area contributed by atoms with Crippen LogP contribution in [0.2, 0.25) is 0 Å². The van der Waals surface area contributed by atoms with Gasteiger partial charge in [-0.1, -0.05) is 13.8 Å². The van der Waals surface area contributed by atoms with Crippen molar-refractivity contribution in [2.24, 2.45) is 23.2 Å². The molecule has 1 saturated heterocycles. The van der Waals surface area contributed by atoms with Crippen molar-refractivity contribution >= 4 is 11.8 Å². The maximum Gasteiger partial charge on any atom is 0.306 e. The molecule has 3 aliphatic rings. The van der Waals surface area contributed by atoms with Gasteiger partial charge in [0.25, 0.3) is 0 Å². The molecule has 2 saturated carbocycles. The van der Waals surface area contributed by atoms with Gasteiger partial charge < -0.3 is 4.74 Å². The third-order valence-corrected chi connectivity index (χ3v) is 6.07. The van der Waals surface area contributed by atoms with E-state index in [1.807, 2.05) is 0 Å². The molecule has 102 valence electrons. The second kappa shape index (κ2) is 3.58. The van der Waals surface area contributed by atoms with Crippen molar-refractivity contribution in [3.63, 3.8) is 0 Å². The molecule has 1 heterocycles. The Balaban J connectivity index is 0.00000133. The Morgan fingerprint density at radius 3 is 2.72 bits per heavy atom. The number of ether oxygens (including phenoxy) is 1. The molecular formula is C15H24O3. The fourth-order valence-corrected chi connectivity index (χ4v) is 4.97. The first kappa shape index (κ1) is 12.2. The summed E-state index contributed by atoms with van der Waals surface area (Å²) in [5.41, 5.74) is -0.172. The lowest BCUT2D eigenvalue weighted by Gasteiger charge is -2.55. The van der Waals surface area contributed by atoms with E-state index in [9.17, 15) is 9.59 Å². The number of esters is 1. The van der Waals surface area contributed by atoms with Gasteiger partial charge in [0.05, 0.1) is 6.42 Å². The van der Waals surface area contributed by atoms with Crippen LogP contribution in [-0.4, -0.2) is 17.4 Å². The molecule has 5 atom stereocenters. The summed E-state index contributed by atoms with van der Waals surface area (Å²) in [7, 11) is 0. The minimum absolute atomic E-state index is 0. The van der Waals surface area contributed by atoms with E-state index in [-0.39, 0.29) is 24.3 Å². The smallest absolute Gasteiger partial charge is 0.306 e. The number of Topliss-reactive ketones (excluding diaryl/α,β-unsaturated/α-hetero) is 1. The van der Waals surface area contributed by atoms with Crippen molar-refractivity contribution in [1.82, 2.24) is 0 Å². The lowest BCUT2D eigenvalue weighted by Crippen LogP contribution is -2.55. The van der Waals surface area contributed by atoms with Crippen molar-refractivity contribution < 1.29 is 15.8 Å². The van der Waals surface area contributed by atoms with E-state index >= 15 is 0 Å². The number of hydrogen-bond acceptors (Lipinski definition) is 3. The van der Waals surface area contributed by atoms with Gasteiger partial charge >= 0.3 is 5.97 Å². The molecular weight excluding hydrogens is 228 g/mol. The van der Waals surface area contributed by atoms with Crippen LogP contribution in [0.3, 0.4) is 0 Å². The van der Waals surface area contributed by atoms with Crippen LogP contribution in [0.5, 0.6) is 0 Å². The molecule has 0 aromatic carbocycles. The zero-order valence-electron chi connectivity index (χ0n) is 11.5. The number of carbonyl (C=O) groups excluding carboxylic acids is 2. The minimum atomic E-state index is -0.275. The van der Waals surface area contributed by atoms with Crippen LogP contribution in [0.4, 0.5) is 0 Å². The van der Waals surface area contributed by atoms with Crippen LogP contribution in [0.15, 0.2) is 0 Å². The van der Waals surface area contributed by atoms with E-state index in [4.69, 9.17) is 4.74 Å². The maximum atomic E-state index is 11.9. The van der Waals surface area contributed by atoms with E-state index in [1.165, 1.54) is 0 Å². The van der Waals surface area contributed by atoms with Crippen LogP contribution >= 0.6 is 0 Å². The molecule has 0 aromatic rings. The van der Waals surface area contributed by atoms with Crippen LogP contribution in [0, 0.1) is 23.2 Å². The average molecular weight is 252 g/mol. The van der Waals surface area contributed by atoms with Gasteiger partial charge in [-0.2, -0.15) is 0 Å². The Bertz CT molecular complexity index is 422. The standard InChI is InChI=1S/C15H22O3.H2/c1-9-10-4-7-15(3)12(8-13(17)18-15)14(10,2)6-5-11(9)16;/h9-10,12H,4-8H2,1-3H3;1H/t9-,10?,12-,14+,15-;/m1./s1. The predicted molar refractivity (Wildman–Crippen MR) is 69.0 cm³/mol. The number of ketones is 1. The topological polar surface area (TPSA) is 43.4 Å². The van der Waals surface area contributed by atoms with Crippen LogP contribution in [0.25, 0.3) is 0 Å². The Morgan fingerprint density at radius 1 is 1.28 bits per heavy atom. The van der Waals surface area contributed by atoms with E-state index in [2.05, 4.69) is 20.8 Å². The fraction of sp³-hybridized carbons (Fsp3) is 0.867. The summed E-state index contributed by atoms with van der Waals surface area (Å²) >= 11 is 0. The molecule has 0 aromatic heterocycles. The van der Waals surface area contributed by atoms with Gasteiger partial charge in [-0.05, 0) is 37.5 Å². The van der Waals surface area contributed by atoms with E-state index in [0.717, 1.165) is 19.3 Å². The molecule has 0 bridgehead atoms. The molecule has 0 N–H and O–H groups in total. The Hall–Kier alpha value is -0.860. The highest BCUT2D eigenvalue weighted by atomic mass is 16.6. The van der Waals surface area contributed by atoms with Gasteiger partial charge in [-0.3, -0.25) is 9.59 Å². The summed E-state index contributed by atoms with van der Waals surface area (Å²) in [6.45, 7) is 6.44. The largest absolute Gasteiger partial charge is 0.459 e. The lowest BCUT2D eigenvalue weighted by atomic mass is 9.49. The summed E-state index contributed by atoms with van der Waals surface area (Å²) < 4.78 is 5.61. The summed E-state index contributed by atoms with van der Waals surface area (Å²) in [5.74, 6) is 1.25. The molecule has 0 spiro atoms. The highest BCUT2D eigenvalue weighted by Gasteiger charge is 2.61. The number of fused-ring (bicyclic) bond motifs is 3. The fourth-order valence-electron chi connectivity index (χ4n) is 4.97. The Labute approximate surface area is 110 Å². The molecule has 3 fully saturated rings. The molecule has 2 aliphatic carbocycles. The van der Waals surface area contributed by atoms with Gasteiger partial charge in [-0.15, -0.1) is 0 Å². The molecule has 3 heteroatoms. The first-order chi connectivity index (χ1) is 8.37. The van der Waals surface area contributed by atoms with Crippen molar-refractivity contribution in [1.29, 1.82) is 0 Å². The highest BCUT2D eigenvalue weighted by molar-refractivity contribution is 5.82. The molecule has 1 aliphatic heterocycles. The molecule has 0 amide bonds. The third kappa shape index (κ3) is 1.42. The summed E-state index contributed by atoms with van der Waals surface area (Å²) in [5, 5.41) is 0. The summed E-state index contributed by atoms with van der Waals surface area (Å²) in [4.78, 5) is 23.6. The molecule has 3 rings (SSSR count). The van der Waals surface area contributed by atoms with Crippen molar-refractivity contribution in [3.05, 3.63) is 0 Å². The number of hydrogen-bond donors (Lipinski definition) is 0. The zero-order valence-corrected chi connectivity index (χ0v) is 11.5. The lowest BCUT2D eigenvalue weighted by molar-refractivity contribution is -0.163. The molecule has 3 nitrogen and oxygen atoms in total. The first-order valence-electron chi connectivity index (χ1n) is 7.11. The quantitative estimate of drug-likeness (QED) is 0.622. The van der Waals surface area contributed by atoms with Crippen LogP contribution < -0.4 is 0 Å². The SMILES string of the molecule is C[C@H]1C(=O)CC[C@@]2(C)C1CC[C@@]1(C)OC(=O)C[C@@H]12.[HH]. The summed E-state index contributed by atoms with van der Waals surface area (Å²) in [6.07, 6.45) is 4.09. The molecule has 18 heavy (non-hydrogen) atoms. The highest BCUT2D eigenvalue weighted by Crippen LogP contribution is 2.61. The van der Waals surface area contributed by atoms with Crippen molar-refractivity contribution in [3.8, 4) is 0 Å². The summed E-state index contributed by atoms with van der Waals surface area (Å²) in [6, 6.07) is 0. The van der Waals surface area contributed by atoms with Crippen molar-refractivity contribution in [2.45, 2.75) is 58.5 Å². The van der Waals surface area contributed by atoms with E-state index in [1.54, 1.807) is 0 Å². The van der Waals surface area contributed by atoms with Crippen molar-refractivity contribution in [2.75, 3.05) is 0 Å². The molecule has 0 radical (unpaired) electrons. The monoisotopic (exact) mass is 252 g/mol. The van der Waals surface area contributed by atoms with E-state index in [0.29, 0.717) is 30.5 Å². The van der Waals surface area contributed by atoms with Crippen LogP contribution in [-0.2, 0) is 14.3 Å². The van der Waals surface area contributed by atoms with Gasteiger partial charge in [0, 0.05) is 19.7 Å². The third-order valence-electron chi connectivity index (χ3n) is 6.07. The Morgan fingerprint density at radius 2 is 2.00 bits per heavy atom. The second-order valence-electron chi connectivity index (χ2n) is 6.95. The molecule has 1 unspecified atom stereocenters. The van der Waals surface area contributed by atoms with Gasteiger partial charge in [0.15, 0.2) is 0 Å². The predicted octanol–water partition coefficient (Wildman–Crippen LogP) is 2.97. The van der Waals surface area contributed by atoms with Gasteiger partial charge in [0.2, 0.25) is 0 Å². The number of carbonyl (C=O) groups is 2. The average Bonchev–Trinajstić information content (AvgIpc) is 2.61. The second-order valence-corrected chi connectivity index (χ2v) is 6.95. The maximum absolute atomic E-state index is 11.9. The van der Waals surface area contributed by atoms with Gasteiger partial charge in [-0.25, -0.2) is 0 Å². The first-order valence-corrected chi connectivity index (χ1v) is 7.11. The van der Waals surface area contributed by atoms with Crippen LogP contribution in [0.1, 0.15) is 54.3 Å². The van der Waals surface area contributed by atoms with E-state index < -0.39 is 0 Å². The zero-order chi connectivity index (χ0) is 13.1.